The molecule has 2 heterocycles. The third-order valence-corrected chi connectivity index (χ3v) is 5.11. The highest BCUT2D eigenvalue weighted by atomic mass is 32.1. The van der Waals surface area contributed by atoms with Crippen LogP contribution in [0.3, 0.4) is 0 Å². The molecule has 0 amide bonds. The summed E-state index contributed by atoms with van der Waals surface area (Å²) in [7, 11) is 0. The van der Waals surface area contributed by atoms with E-state index in [4.69, 9.17) is 9.47 Å². The van der Waals surface area contributed by atoms with Crippen LogP contribution in [0.1, 0.15) is 22.3 Å². The Bertz CT molecular complexity index is 779. The van der Waals surface area contributed by atoms with Gasteiger partial charge in [-0.1, -0.05) is 6.07 Å². The third-order valence-electron chi connectivity index (χ3n) is 3.29. The van der Waals surface area contributed by atoms with Crippen molar-refractivity contribution >= 4 is 28.6 Å². The molecule has 0 spiro atoms. The second-order valence-electron chi connectivity index (χ2n) is 4.96. The topological polar surface area (TPSA) is 48.4 Å². The maximum atomic E-state index is 12.1. The Morgan fingerprint density at radius 3 is 2.71 bits per heavy atom. The Kier molecular flexibility index (Phi) is 5.61. The van der Waals surface area contributed by atoms with Gasteiger partial charge in [-0.2, -0.15) is 0 Å². The minimum atomic E-state index is -0.375. The number of thiophene rings is 1. The van der Waals surface area contributed by atoms with Crippen molar-refractivity contribution < 1.29 is 14.3 Å². The Morgan fingerprint density at radius 1 is 1.17 bits per heavy atom. The summed E-state index contributed by atoms with van der Waals surface area (Å²) in [5.74, 6) is 0.450. The fraction of sp³-hybridized carbons (Fsp3) is 0.222. The standard InChI is InChI=1S/C18H17NO3S2/c1-2-21-14-7-5-13(6-8-14)17-19-16(12-24-17)18(20)22-10-9-15-4-3-11-23-15/h3-8,11-12H,2,9-10H2,1H3. The van der Waals surface area contributed by atoms with E-state index >= 15 is 0 Å². The fourth-order valence-corrected chi connectivity index (χ4v) is 3.62. The lowest BCUT2D eigenvalue weighted by Crippen LogP contribution is -2.08. The minimum absolute atomic E-state index is 0.357. The van der Waals surface area contributed by atoms with Crippen LogP contribution in [-0.4, -0.2) is 24.2 Å². The number of esters is 1. The molecule has 124 valence electrons. The van der Waals surface area contributed by atoms with Gasteiger partial charge in [-0.15, -0.1) is 22.7 Å². The van der Waals surface area contributed by atoms with E-state index < -0.39 is 0 Å². The molecule has 0 bridgehead atoms. The molecular formula is C18H17NO3S2. The van der Waals surface area contributed by atoms with Crippen LogP contribution in [-0.2, 0) is 11.2 Å². The maximum absolute atomic E-state index is 12.1. The first kappa shape index (κ1) is 16.7. The molecule has 0 atom stereocenters. The number of rotatable bonds is 7. The molecule has 0 N–H and O–H groups in total. The first-order valence-electron chi connectivity index (χ1n) is 7.64. The largest absolute Gasteiger partial charge is 0.494 e. The number of ether oxygens (including phenoxy) is 2. The Morgan fingerprint density at radius 2 is 2.00 bits per heavy atom. The molecule has 0 saturated heterocycles. The Hall–Kier alpha value is -2.18. The van der Waals surface area contributed by atoms with Gasteiger partial charge in [-0.05, 0) is 42.6 Å². The molecule has 0 aliphatic heterocycles. The van der Waals surface area contributed by atoms with Crippen molar-refractivity contribution in [3.05, 3.63) is 57.7 Å². The van der Waals surface area contributed by atoms with Gasteiger partial charge in [0.2, 0.25) is 0 Å². The number of nitrogens with zero attached hydrogens (tertiary/aromatic N) is 1. The van der Waals surface area contributed by atoms with Gasteiger partial charge in [-0.3, -0.25) is 0 Å². The van der Waals surface area contributed by atoms with Crippen molar-refractivity contribution in [1.82, 2.24) is 4.98 Å². The van der Waals surface area contributed by atoms with Gasteiger partial charge in [-0.25, -0.2) is 9.78 Å². The van der Waals surface area contributed by atoms with E-state index in [0.717, 1.165) is 22.7 Å². The van der Waals surface area contributed by atoms with Crippen molar-refractivity contribution in [3.63, 3.8) is 0 Å². The van der Waals surface area contributed by atoms with E-state index in [-0.39, 0.29) is 5.97 Å². The number of benzene rings is 1. The number of thiazole rings is 1. The molecule has 3 aromatic rings. The van der Waals surface area contributed by atoms with Gasteiger partial charge < -0.3 is 9.47 Å². The van der Waals surface area contributed by atoms with Gasteiger partial charge in [0.25, 0.3) is 0 Å². The zero-order valence-electron chi connectivity index (χ0n) is 13.2. The predicted molar refractivity (Wildman–Crippen MR) is 97.0 cm³/mol. The van der Waals surface area contributed by atoms with Crippen LogP contribution in [0, 0.1) is 0 Å². The molecule has 0 unspecified atom stereocenters. The first-order chi connectivity index (χ1) is 11.8. The van der Waals surface area contributed by atoms with Crippen molar-refractivity contribution in [2.24, 2.45) is 0 Å². The Balaban J connectivity index is 1.58. The Labute approximate surface area is 148 Å². The second-order valence-corrected chi connectivity index (χ2v) is 6.85. The van der Waals surface area contributed by atoms with Crippen molar-refractivity contribution in [3.8, 4) is 16.3 Å². The summed E-state index contributed by atoms with van der Waals surface area (Å²) in [6.45, 7) is 2.96. The van der Waals surface area contributed by atoms with Crippen LogP contribution >= 0.6 is 22.7 Å². The number of carbonyl (C=O) groups excluding carboxylic acids is 1. The molecule has 0 aliphatic carbocycles. The summed E-state index contributed by atoms with van der Waals surface area (Å²) in [6.07, 6.45) is 0.735. The van der Waals surface area contributed by atoms with Gasteiger partial charge in [0, 0.05) is 22.2 Å². The van der Waals surface area contributed by atoms with E-state index in [1.54, 1.807) is 16.7 Å². The molecule has 1 aromatic carbocycles. The molecule has 0 saturated carbocycles. The second kappa shape index (κ2) is 8.08. The lowest BCUT2D eigenvalue weighted by Gasteiger charge is -2.03. The van der Waals surface area contributed by atoms with Crippen LogP contribution in [0.2, 0.25) is 0 Å². The summed E-state index contributed by atoms with van der Waals surface area (Å²) in [5, 5.41) is 4.54. The average molecular weight is 359 g/mol. The summed E-state index contributed by atoms with van der Waals surface area (Å²) >= 11 is 3.09. The van der Waals surface area contributed by atoms with Crippen molar-refractivity contribution in [2.45, 2.75) is 13.3 Å². The molecule has 0 aliphatic rings. The number of hydrogen-bond acceptors (Lipinski definition) is 6. The lowest BCUT2D eigenvalue weighted by atomic mass is 10.2. The highest BCUT2D eigenvalue weighted by Gasteiger charge is 2.13. The van der Waals surface area contributed by atoms with E-state index in [0.29, 0.717) is 18.9 Å². The maximum Gasteiger partial charge on any atom is 0.357 e. The fourth-order valence-electron chi connectivity index (χ4n) is 2.13. The van der Waals surface area contributed by atoms with E-state index in [2.05, 4.69) is 4.98 Å². The highest BCUT2D eigenvalue weighted by Crippen LogP contribution is 2.26. The summed E-state index contributed by atoms with van der Waals surface area (Å²) in [5.41, 5.74) is 1.32. The van der Waals surface area contributed by atoms with Crippen molar-refractivity contribution in [1.29, 1.82) is 0 Å². The summed E-state index contributed by atoms with van der Waals surface area (Å²) in [6, 6.07) is 11.7. The van der Waals surface area contributed by atoms with E-state index in [1.165, 1.54) is 16.2 Å². The zero-order valence-corrected chi connectivity index (χ0v) is 14.9. The van der Waals surface area contributed by atoms with Crippen LogP contribution < -0.4 is 4.74 Å². The minimum Gasteiger partial charge on any atom is -0.494 e. The highest BCUT2D eigenvalue weighted by molar-refractivity contribution is 7.13. The van der Waals surface area contributed by atoms with Crippen molar-refractivity contribution in [2.75, 3.05) is 13.2 Å². The van der Waals surface area contributed by atoms with Crippen LogP contribution in [0.4, 0.5) is 0 Å². The molecule has 2 aromatic heterocycles. The number of hydrogen-bond donors (Lipinski definition) is 0. The summed E-state index contributed by atoms with van der Waals surface area (Å²) < 4.78 is 10.7. The number of carbonyl (C=O) groups is 1. The quantitative estimate of drug-likeness (QED) is 0.575. The van der Waals surface area contributed by atoms with Gasteiger partial charge in [0.1, 0.15) is 10.8 Å². The van der Waals surface area contributed by atoms with Gasteiger partial charge in [0.05, 0.1) is 13.2 Å². The normalized spacial score (nSPS) is 10.5. The number of aromatic nitrogens is 1. The van der Waals surface area contributed by atoms with Crippen LogP contribution in [0.25, 0.3) is 10.6 Å². The molecule has 0 radical (unpaired) electrons. The van der Waals surface area contributed by atoms with E-state index in [9.17, 15) is 4.79 Å². The average Bonchev–Trinajstić information content (AvgIpc) is 3.27. The zero-order chi connectivity index (χ0) is 16.8. The van der Waals surface area contributed by atoms with Gasteiger partial charge >= 0.3 is 5.97 Å². The SMILES string of the molecule is CCOc1ccc(-c2nc(C(=O)OCCc3cccs3)cs2)cc1. The third kappa shape index (κ3) is 4.21. The lowest BCUT2D eigenvalue weighted by molar-refractivity contribution is 0.0504. The van der Waals surface area contributed by atoms with E-state index in [1.807, 2.05) is 48.7 Å². The molecule has 6 heteroatoms. The molecule has 0 fully saturated rings. The first-order valence-corrected chi connectivity index (χ1v) is 9.40. The molecule has 3 rings (SSSR count). The predicted octanol–water partition coefficient (Wildman–Crippen LogP) is 4.67. The molecular weight excluding hydrogens is 342 g/mol. The molecule has 4 nitrogen and oxygen atoms in total. The van der Waals surface area contributed by atoms with Crippen LogP contribution in [0.5, 0.6) is 5.75 Å². The smallest absolute Gasteiger partial charge is 0.357 e. The van der Waals surface area contributed by atoms with Crippen LogP contribution in [0.15, 0.2) is 47.2 Å². The monoisotopic (exact) mass is 359 g/mol. The molecule has 24 heavy (non-hydrogen) atoms. The van der Waals surface area contributed by atoms with Gasteiger partial charge in [0.15, 0.2) is 5.69 Å². The summed E-state index contributed by atoms with van der Waals surface area (Å²) in [4.78, 5) is 17.6.